The van der Waals surface area contributed by atoms with Gasteiger partial charge in [0.1, 0.15) is 29.6 Å². The predicted molar refractivity (Wildman–Crippen MR) is 176 cm³/mol. The van der Waals surface area contributed by atoms with Crippen LogP contribution >= 0.6 is 0 Å². The number of carbonyl (C=O) groups excluding carboxylic acids is 3. The number of ether oxygens (including phenoxy) is 1. The maximum absolute atomic E-state index is 13.9. The molecule has 2 heterocycles. The summed E-state index contributed by atoms with van der Waals surface area (Å²) in [6.07, 6.45) is 8.69. The van der Waals surface area contributed by atoms with E-state index in [2.05, 4.69) is 22.5 Å². The van der Waals surface area contributed by atoms with Crippen LogP contribution in [0.2, 0.25) is 0 Å². The lowest BCUT2D eigenvalue weighted by molar-refractivity contribution is -0.163. The van der Waals surface area contributed by atoms with Crippen LogP contribution in [0.15, 0.2) is 48.5 Å². The number of aliphatic carboxylic acids is 1. The number of carboxylic acids is 1. The number of unbranched alkanes of at least 4 members (excludes halogenated alkanes) is 2. The first-order valence-electron chi connectivity index (χ1n) is 17.0. The Morgan fingerprint density at radius 1 is 0.936 bits per heavy atom. The number of hydrogen-bond donors (Lipinski definition) is 4. The fourth-order valence-electron chi connectivity index (χ4n) is 7.22. The molecule has 2 aliphatic heterocycles. The molecule has 1 spiro atoms. The normalized spacial score (nSPS) is 20.9. The van der Waals surface area contributed by atoms with E-state index < -0.39 is 35.6 Å². The van der Waals surface area contributed by atoms with Crippen molar-refractivity contribution in [3.8, 4) is 11.5 Å². The van der Waals surface area contributed by atoms with Crippen molar-refractivity contribution in [3.63, 3.8) is 0 Å². The lowest BCUT2D eigenvalue weighted by Gasteiger charge is -2.52. The summed E-state index contributed by atoms with van der Waals surface area (Å²) in [4.78, 5) is 54.6. The first kappa shape index (κ1) is 34.4. The van der Waals surface area contributed by atoms with Gasteiger partial charge < -0.3 is 30.5 Å². The van der Waals surface area contributed by atoms with Crippen LogP contribution in [-0.4, -0.2) is 87.1 Å². The molecular weight excluding hydrogens is 600 g/mol. The standard InChI is InChI=1S/C36H48N4O7/c1-2-3-7-20-40-33(44)30(23-35(46)16-5-4-6-17-35)38-34(45)36(40)18-21-39(22-19-36)25-26-8-12-28(13-9-26)47-29-14-10-27(11-15-29)32(43)37-24-31(41)42/h8-15,30,46H,2-7,16-25H2,1H3,(H,37,43)(H,38,45)(H,41,42)/t30-/m1/s1. The maximum atomic E-state index is 13.9. The van der Waals surface area contributed by atoms with Gasteiger partial charge in [0.05, 0.1) is 5.60 Å². The third kappa shape index (κ3) is 8.50. The molecule has 0 unspecified atom stereocenters. The van der Waals surface area contributed by atoms with Crippen molar-refractivity contribution < 1.29 is 34.1 Å². The second-order valence-electron chi connectivity index (χ2n) is 13.4. The monoisotopic (exact) mass is 648 g/mol. The number of hydrogen-bond acceptors (Lipinski definition) is 7. The van der Waals surface area contributed by atoms with Crippen molar-refractivity contribution in [1.29, 1.82) is 0 Å². The van der Waals surface area contributed by atoms with E-state index in [0.717, 1.165) is 44.1 Å². The Kier molecular flexibility index (Phi) is 11.2. The second kappa shape index (κ2) is 15.3. The molecule has 254 valence electrons. The number of piperidine rings is 1. The smallest absolute Gasteiger partial charge is 0.322 e. The molecule has 3 fully saturated rings. The number of nitrogens with zero attached hydrogens (tertiary/aromatic N) is 2. The van der Waals surface area contributed by atoms with Gasteiger partial charge in [-0.2, -0.15) is 0 Å². The van der Waals surface area contributed by atoms with Gasteiger partial charge in [0.25, 0.3) is 5.91 Å². The topological polar surface area (TPSA) is 149 Å². The molecule has 1 aliphatic carbocycles. The van der Waals surface area contributed by atoms with Crippen molar-refractivity contribution in [1.82, 2.24) is 20.4 Å². The van der Waals surface area contributed by atoms with Gasteiger partial charge in [-0.05, 0) is 74.1 Å². The zero-order valence-electron chi connectivity index (χ0n) is 27.3. The minimum Gasteiger partial charge on any atom is -0.480 e. The van der Waals surface area contributed by atoms with E-state index in [1.54, 1.807) is 24.3 Å². The Labute approximate surface area is 276 Å². The Hall–Kier alpha value is -3.96. The van der Waals surface area contributed by atoms with Crippen LogP contribution in [0.1, 0.15) is 93.5 Å². The van der Waals surface area contributed by atoms with E-state index in [-0.39, 0.29) is 11.8 Å². The first-order chi connectivity index (χ1) is 22.6. The van der Waals surface area contributed by atoms with E-state index in [9.17, 15) is 24.3 Å². The van der Waals surface area contributed by atoms with Crippen LogP contribution in [0.25, 0.3) is 0 Å². The van der Waals surface area contributed by atoms with Gasteiger partial charge >= 0.3 is 5.97 Å². The molecule has 11 heteroatoms. The summed E-state index contributed by atoms with van der Waals surface area (Å²) in [6.45, 7) is 4.33. The Balaban J connectivity index is 1.16. The maximum Gasteiger partial charge on any atom is 0.322 e. The van der Waals surface area contributed by atoms with Gasteiger partial charge in [0.15, 0.2) is 0 Å². The summed E-state index contributed by atoms with van der Waals surface area (Å²) in [5, 5.41) is 25.3. The molecule has 1 saturated carbocycles. The van der Waals surface area contributed by atoms with Crippen molar-refractivity contribution in [2.75, 3.05) is 26.2 Å². The lowest BCUT2D eigenvalue weighted by atomic mass is 9.77. The summed E-state index contributed by atoms with van der Waals surface area (Å²) in [7, 11) is 0. The number of piperazine rings is 1. The summed E-state index contributed by atoms with van der Waals surface area (Å²) in [6, 6.07) is 13.6. The van der Waals surface area contributed by atoms with E-state index >= 15 is 0 Å². The fourth-order valence-corrected chi connectivity index (χ4v) is 7.22. The number of nitrogens with one attached hydrogen (secondary N) is 2. The third-order valence-corrected chi connectivity index (χ3v) is 9.93. The highest BCUT2D eigenvalue weighted by Crippen LogP contribution is 2.38. The van der Waals surface area contributed by atoms with Gasteiger partial charge in [-0.15, -0.1) is 0 Å². The van der Waals surface area contributed by atoms with Crippen LogP contribution < -0.4 is 15.4 Å². The number of likely N-dealkylation sites (tertiary alicyclic amines) is 1. The summed E-state index contributed by atoms with van der Waals surface area (Å²) >= 11 is 0. The van der Waals surface area contributed by atoms with Crippen LogP contribution in [0, 0.1) is 0 Å². The average molecular weight is 649 g/mol. The molecule has 2 saturated heterocycles. The molecule has 5 rings (SSSR count). The molecule has 11 nitrogen and oxygen atoms in total. The largest absolute Gasteiger partial charge is 0.480 e. The fraction of sp³-hybridized carbons (Fsp3) is 0.556. The minimum absolute atomic E-state index is 0.0418. The molecule has 0 bridgehead atoms. The van der Waals surface area contributed by atoms with E-state index in [1.807, 2.05) is 29.2 Å². The van der Waals surface area contributed by atoms with Crippen LogP contribution in [0.4, 0.5) is 0 Å². The van der Waals surface area contributed by atoms with Crippen molar-refractivity contribution in [2.45, 2.75) is 101 Å². The minimum atomic E-state index is -1.11. The number of amides is 3. The second-order valence-corrected chi connectivity index (χ2v) is 13.4. The quantitative estimate of drug-likeness (QED) is 0.236. The van der Waals surface area contributed by atoms with Gasteiger partial charge in [0, 0.05) is 38.2 Å². The van der Waals surface area contributed by atoms with E-state index in [0.29, 0.717) is 75.3 Å². The number of carbonyl (C=O) groups is 4. The van der Waals surface area contributed by atoms with Crippen LogP contribution in [0.5, 0.6) is 11.5 Å². The number of aliphatic hydroxyl groups is 1. The van der Waals surface area contributed by atoms with Gasteiger partial charge in [-0.25, -0.2) is 0 Å². The molecule has 3 amide bonds. The SMILES string of the molecule is CCCCCN1C(=O)[C@@H](CC2(O)CCCCC2)NC(=O)C12CCN(Cc1ccc(Oc3ccc(C(=O)NCC(=O)O)cc3)cc1)CC2. The van der Waals surface area contributed by atoms with E-state index in [4.69, 9.17) is 9.84 Å². The zero-order chi connectivity index (χ0) is 33.4. The molecule has 2 aromatic carbocycles. The van der Waals surface area contributed by atoms with Crippen LogP contribution in [0.3, 0.4) is 0 Å². The first-order valence-corrected chi connectivity index (χ1v) is 17.0. The van der Waals surface area contributed by atoms with Crippen molar-refractivity contribution in [3.05, 3.63) is 59.7 Å². The number of carboxylic acid groups (broad SMARTS) is 1. The molecule has 4 N–H and O–H groups in total. The van der Waals surface area contributed by atoms with Gasteiger partial charge in [0.2, 0.25) is 11.8 Å². The molecule has 2 aromatic rings. The molecular formula is C36H48N4O7. The zero-order valence-corrected chi connectivity index (χ0v) is 27.3. The highest BCUT2D eigenvalue weighted by molar-refractivity contribution is 6.00. The molecule has 3 aliphatic rings. The highest BCUT2D eigenvalue weighted by atomic mass is 16.5. The number of rotatable bonds is 13. The molecule has 1 atom stereocenters. The van der Waals surface area contributed by atoms with Gasteiger partial charge in [-0.1, -0.05) is 51.2 Å². The summed E-state index contributed by atoms with van der Waals surface area (Å²) in [5.74, 6) is -0.503. The third-order valence-electron chi connectivity index (χ3n) is 9.93. The van der Waals surface area contributed by atoms with Crippen LogP contribution in [-0.2, 0) is 20.9 Å². The van der Waals surface area contributed by atoms with Crippen molar-refractivity contribution in [2.24, 2.45) is 0 Å². The molecule has 0 radical (unpaired) electrons. The average Bonchev–Trinajstić information content (AvgIpc) is 3.06. The Morgan fingerprint density at radius 2 is 1.57 bits per heavy atom. The Morgan fingerprint density at radius 3 is 2.19 bits per heavy atom. The molecule has 47 heavy (non-hydrogen) atoms. The summed E-state index contributed by atoms with van der Waals surface area (Å²) in [5.41, 5.74) is -0.294. The van der Waals surface area contributed by atoms with Gasteiger partial charge in [-0.3, -0.25) is 24.1 Å². The Bertz CT molecular complexity index is 1400. The highest BCUT2D eigenvalue weighted by Gasteiger charge is 2.54. The number of benzene rings is 2. The molecule has 0 aromatic heterocycles. The van der Waals surface area contributed by atoms with E-state index in [1.165, 1.54) is 0 Å². The summed E-state index contributed by atoms with van der Waals surface area (Å²) < 4.78 is 5.93. The lowest BCUT2D eigenvalue weighted by Crippen LogP contribution is -2.73. The van der Waals surface area contributed by atoms with Crippen molar-refractivity contribution >= 4 is 23.7 Å². The predicted octanol–water partition coefficient (Wildman–Crippen LogP) is 4.23.